The molecule has 1 heterocycles. The Hall–Kier alpha value is -3.54. The zero-order valence-electron chi connectivity index (χ0n) is 14.5. The summed E-state index contributed by atoms with van der Waals surface area (Å²) < 4.78 is 10.5. The van der Waals surface area contributed by atoms with Gasteiger partial charge in [0.2, 0.25) is 12.7 Å². The van der Waals surface area contributed by atoms with Gasteiger partial charge < -0.3 is 20.1 Å². The lowest BCUT2D eigenvalue weighted by atomic mass is 10.1. The summed E-state index contributed by atoms with van der Waals surface area (Å²) in [4.78, 5) is 24.4. The molecule has 0 unspecified atom stereocenters. The first-order valence-electron chi connectivity index (χ1n) is 8.65. The van der Waals surface area contributed by atoms with Crippen LogP contribution in [-0.2, 0) is 4.79 Å². The van der Waals surface area contributed by atoms with E-state index in [0.717, 1.165) is 10.8 Å². The van der Waals surface area contributed by atoms with Crippen LogP contribution in [0.25, 0.3) is 10.8 Å². The highest BCUT2D eigenvalue weighted by atomic mass is 16.7. The van der Waals surface area contributed by atoms with Gasteiger partial charge in [-0.2, -0.15) is 0 Å². The zero-order valence-corrected chi connectivity index (χ0v) is 14.5. The highest BCUT2D eigenvalue weighted by Crippen LogP contribution is 2.34. The SMILES string of the molecule is O=C(CCNC(=O)c1ccc2ccccc2c1)Nc1ccc2c(c1)OCO2. The molecule has 2 amide bonds. The van der Waals surface area contributed by atoms with Crippen molar-refractivity contribution < 1.29 is 19.1 Å². The number of anilines is 1. The lowest BCUT2D eigenvalue weighted by Gasteiger charge is -2.08. The minimum atomic E-state index is -0.198. The fourth-order valence-corrected chi connectivity index (χ4v) is 2.92. The Morgan fingerprint density at radius 3 is 2.59 bits per heavy atom. The summed E-state index contributed by atoms with van der Waals surface area (Å²) >= 11 is 0. The van der Waals surface area contributed by atoms with Crippen LogP contribution in [0.5, 0.6) is 11.5 Å². The minimum Gasteiger partial charge on any atom is -0.454 e. The molecule has 0 spiro atoms. The van der Waals surface area contributed by atoms with Crippen LogP contribution in [0.1, 0.15) is 16.8 Å². The van der Waals surface area contributed by atoms with Crippen molar-refractivity contribution in [3.05, 3.63) is 66.2 Å². The Bertz CT molecular complexity index is 1020. The number of rotatable bonds is 5. The molecule has 0 bridgehead atoms. The quantitative estimate of drug-likeness (QED) is 0.730. The molecule has 3 aromatic carbocycles. The summed E-state index contributed by atoms with van der Waals surface area (Å²) in [7, 11) is 0. The summed E-state index contributed by atoms with van der Waals surface area (Å²) in [5, 5.41) is 7.65. The lowest BCUT2D eigenvalue weighted by Crippen LogP contribution is -2.27. The number of nitrogens with one attached hydrogen (secondary N) is 2. The Morgan fingerprint density at radius 1 is 0.889 bits per heavy atom. The smallest absolute Gasteiger partial charge is 0.251 e. The van der Waals surface area contributed by atoms with Crippen LogP contribution in [0.2, 0.25) is 0 Å². The Labute approximate surface area is 156 Å². The molecule has 4 rings (SSSR count). The molecular weight excluding hydrogens is 344 g/mol. The van der Waals surface area contributed by atoms with E-state index in [2.05, 4.69) is 10.6 Å². The Balaban J connectivity index is 1.29. The van der Waals surface area contributed by atoms with Crippen molar-refractivity contribution >= 4 is 28.3 Å². The van der Waals surface area contributed by atoms with Crippen molar-refractivity contribution in [1.82, 2.24) is 5.32 Å². The van der Waals surface area contributed by atoms with E-state index in [1.165, 1.54) is 0 Å². The van der Waals surface area contributed by atoms with Crippen LogP contribution in [0.15, 0.2) is 60.7 Å². The van der Waals surface area contributed by atoms with E-state index in [1.54, 1.807) is 24.3 Å². The molecule has 136 valence electrons. The summed E-state index contributed by atoms with van der Waals surface area (Å²) in [5.74, 6) is 0.886. The van der Waals surface area contributed by atoms with E-state index < -0.39 is 0 Å². The van der Waals surface area contributed by atoms with Gasteiger partial charge in [0.15, 0.2) is 11.5 Å². The molecule has 0 aliphatic carbocycles. The summed E-state index contributed by atoms with van der Waals surface area (Å²) in [6.45, 7) is 0.440. The predicted molar refractivity (Wildman–Crippen MR) is 102 cm³/mol. The highest BCUT2D eigenvalue weighted by molar-refractivity contribution is 5.99. The predicted octanol–water partition coefficient (Wildman–Crippen LogP) is 3.33. The number of amides is 2. The second kappa shape index (κ2) is 7.37. The van der Waals surface area contributed by atoms with Gasteiger partial charge in [-0.05, 0) is 35.0 Å². The van der Waals surface area contributed by atoms with E-state index in [0.29, 0.717) is 22.7 Å². The van der Waals surface area contributed by atoms with Gasteiger partial charge in [0.05, 0.1) is 0 Å². The number of carbonyl (C=O) groups excluding carboxylic acids is 2. The summed E-state index contributed by atoms with van der Waals surface area (Å²) in [5.41, 5.74) is 1.20. The first kappa shape index (κ1) is 16.9. The Morgan fingerprint density at radius 2 is 1.70 bits per heavy atom. The van der Waals surface area contributed by atoms with Crippen molar-refractivity contribution in [2.45, 2.75) is 6.42 Å². The molecule has 6 nitrogen and oxygen atoms in total. The molecule has 0 radical (unpaired) electrons. The molecule has 2 N–H and O–H groups in total. The topological polar surface area (TPSA) is 76.7 Å². The first-order valence-corrected chi connectivity index (χ1v) is 8.65. The van der Waals surface area contributed by atoms with Gasteiger partial charge in [-0.1, -0.05) is 30.3 Å². The average Bonchev–Trinajstić information content (AvgIpc) is 3.15. The van der Waals surface area contributed by atoms with Crippen molar-refractivity contribution in [1.29, 1.82) is 0 Å². The average molecular weight is 362 g/mol. The summed E-state index contributed by atoms with van der Waals surface area (Å²) in [6.07, 6.45) is 0.174. The summed E-state index contributed by atoms with van der Waals surface area (Å²) in [6, 6.07) is 18.6. The van der Waals surface area contributed by atoms with Crippen molar-refractivity contribution in [2.24, 2.45) is 0 Å². The maximum absolute atomic E-state index is 12.3. The molecule has 0 fully saturated rings. The number of benzene rings is 3. The molecule has 0 atom stereocenters. The largest absolute Gasteiger partial charge is 0.454 e. The third-order valence-electron chi connectivity index (χ3n) is 4.31. The number of carbonyl (C=O) groups is 2. The molecule has 1 aliphatic rings. The first-order chi connectivity index (χ1) is 13.2. The van der Waals surface area contributed by atoms with Gasteiger partial charge in [0, 0.05) is 30.3 Å². The number of ether oxygens (including phenoxy) is 2. The normalized spacial score (nSPS) is 12.0. The second-order valence-corrected chi connectivity index (χ2v) is 6.18. The third-order valence-corrected chi connectivity index (χ3v) is 4.31. The fourth-order valence-electron chi connectivity index (χ4n) is 2.92. The molecule has 6 heteroatoms. The molecule has 0 aromatic heterocycles. The minimum absolute atomic E-state index is 0.174. The fraction of sp³-hybridized carbons (Fsp3) is 0.143. The number of hydrogen-bond donors (Lipinski definition) is 2. The molecule has 27 heavy (non-hydrogen) atoms. The maximum atomic E-state index is 12.3. The van der Waals surface area contributed by atoms with Crippen LogP contribution >= 0.6 is 0 Å². The van der Waals surface area contributed by atoms with Gasteiger partial charge in [-0.15, -0.1) is 0 Å². The van der Waals surface area contributed by atoms with Crippen LogP contribution in [-0.4, -0.2) is 25.2 Å². The van der Waals surface area contributed by atoms with Gasteiger partial charge in [0.1, 0.15) is 0 Å². The molecular formula is C21H18N2O4. The molecule has 0 saturated heterocycles. The molecule has 1 aliphatic heterocycles. The van der Waals surface area contributed by atoms with E-state index in [-0.39, 0.29) is 31.6 Å². The van der Waals surface area contributed by atoms with Crippen molar-refractivity contribution in [2.75, 3.05) is 18.7 Å². The highest BCUT2D eigenvalue weighted by Gasteiger charge is 2.14. The number of fused-ring (bicyclic) bond motifs is 2. The van der Waals surface area contributed by atoms with E-state index in [1.807, 2.05) is 36.4 Å². The standard InChI is InChI=1S/C21H18N2O4/c24-20(23-17-7-8-18-19(12-17)27-13-26-18)9-10-22-21(25)16-6-5-14-3-1-2-4-15(14)11-16/h1-8,11-12H,9-10,13H2,(H,22,25)(H,23,24). The number of hydrogen-bond acceptors (Lipinski definition) is 4. The van der Waals surface area contributed by atoms with Crippen LogP contribution < -0.4 is 20.1 Å². The van der Waals surface area contributed by atoms with Crippen LogP contribution in [0.4, 0.5) is 5.69 Å². The third kappa shape index (κ3) is 3.84. The maximum Gasteiger partial charge on any atom is 0.251 e. The molecule has 3 aromatic rings. The van der Waals surface area contributed by atoms with Gasteiger partial charge in [-0.25, -0.2) is 0 Å². The zero-order chi connectivity index (χ0) is 18.6. The Kier molecular flexibility index (Phi) is 4.61. The van der Waals surface area contributed by atoms with Crippen LogP contribution in [0.3, 0.4) is 0 Å². The van der Waals surface area contributed by atoms with E-state index in [4.69, 9.17) is 9.47 Å². The van der Waals surface area contributed by atoms with Gasteiger partial charge in [-0.3, -0.25) is 9.59 Å². The van der Waals surface area contributed by atoms with Gasteiger partial charge in [0.25, 0.3) is 5.91 Å². The van der Waals surface area contributed by atoms with Gasteiger partial charge >= 0.3 is 0 Å². The van der Waals surface area contributed by atoms with Crippen LogP contribution in [0, 0.1) is 0 Å². The monoisotopic (exact) mass is 362 g/mol. The molecule has 0 saturated carbocycles. The lowest BCUT2D eigenvalue weighted by molar-refractivity contribution is -0.116. The second-order valence-electron chi connectivity index (χ2n) is 6.18. The van der Waals surface area contributed by atoms with Crippen molar-refractivity contribution in [3.63, 3.8) is 0 Å². The van der Waals surface area contributed by atoms with E-state index in [9.17, 15) is 9.59 Å². The van der Waals surface area contributed by atoms with E-state index >= 15 is 0 Å². The van der Waals surface area contributed by atoms with Crippen molar-refractivity contribution in [3.8, 4) is 11.5 Å².